The van der Waals surface area contributed by atoms with Crippen LogP contribution in [0.4, 0.5) is 0 Å². The third-order valence-corrected chi connectivity index (χ3v) is 4.84. The van der Waals surface area contributed by atoms with Gasteiger partial charge in [0.2, 0.25) is 5.91 Å². The molecule has 1 aromatic rings. The first-order chi connectivity index (χ1) is 11.6. The average molecular weight is 333 g/mol. The van der Waals surface area contributed by atoms with E-state index < -0.39 is 5.60 Å². The second kappa shape index (κ2) is 7.99. The van der Waals surface area contributed by atoms with E-state index in [0.29, 0.717) is 38.6 Å². The summed E-state index contributed by atoms with van der Waals surface area (Å²) in [6.45, 7) is 1.12. The first-order valence-corrected chi connectivity index (χ1v) is 8.95. The Morgan fingerprint density at radius 1 is 1.38 bits per heavy atom. The molecular formula is C19H27NO4. The van der Waals surface area contributed by atoms with Gasteiger partial charge in [0.1, 0.15) is 11.4 Å². The number of nitrogens with one attached hydrogen (secondary N) is 1. The number of aryl methyl sites for hydroxylation is 1. The van der Waals surface area contributed by atoms with Crippen molar-refractivity contribution in [1.29, 1.82) is 0 Å². The van der Waals surface area contributed by atoms with Crippen LogP contribution in [0.25, 0.3) is 0 Å². The molecule has 132 valence electrons. The molecule has 0 spiro atoms. The van der Waals surface area contributed by atoms with E-state index >= 15 is 0 Å². The average Bonchev–Trinajstić information content (AvgIpc) is 3.24. The molecule has 1 amide bonds. The van der Waals surface area contributed by atoms with Crippen molar-refractivity contribution in [2.75, 3.05) is 19.8 Å². The van der Waals surface area contributed by atoms with Crippen molar-refractivity contribution >= 4 is 5.91 Å². The molecule has 1 aliphatic carbocycles. The molecule has 5 nitrogen and oxygen atoms in total. The van der Waals surface area contributed by atoms with Crippen LogP contribution in [0.3, 0.4) is 0 Å². The molecule has 5 heteroatoms. The normalized spacial score (nSPS) is 24.2. The number of carbonyl (C=O) groups is 1. The molecular weight excluding hydrogens is 306 g/mol. The third kappa shape index (κ3) is 4.95. The molecule has 2 N–H and O–H groups in total. The Balaban J connectivity index is 1.42. The standard InChI is InChI=1S/C19H27NO4/c21-18(20-13-19(22)10-11-23-14-19)9-8-15-4-3-7-17(12-15)24-16-5-1-2-6-16/h3-4,7,12,16,22H,1-2,5-6,8-11,13-14H2,(H,20,21)/t19-/m1/s1. The number of benzene rings is 1. The number of aliphatic hydroxyl groups is 1. The van der Waals surface area contributed by atoms with Crippen LogP contribution in [-0.4, -0.2) is 42.5 Å². The Labute approximate surface area is 143 Å². The van der Waals surface area contributed by atoms with Crippen LogP contribution < -0.4 is 10.1 Å². The molecule has 0 aromatic heterocycles. The highest BCUT2D eigenvalue weighted by molar-refractivity contribution is 5.76. The van der Waals surface area contributed by atoms with Crippen LogP contribution in [0.5, 0.6) is 5.75 Å². The summed E-state index contributed by atoms with van der Waals surface area (Å²) >= 11 is 0. The lowest BCUT2D eigenvalue weighted by atomic mass is 10.0. The second-order valence-electron chi connectivity index (χ2n) is 6.98. The zero-order valence-corrected chi connectivity index (χ0v) is 14.1. The Bertz CT molecular complexity index is 548. The molecule has 0 bridgehead atoms. The third-order valence-electron chi connectivity index (χ3n) is 4.84. The lowest BCUT2D eigenvalue weighted by Crippen LogP contribution is -2.43. The summed E-state index contributed by atoms with van der Waals surface area (Å²) in [6, 6.07) is 8.02. The number of rotatable bonds is 7. The smallest absolute Gasteiger partial charge is 0.220 e. The first kappa shape index (κ1) is 17.2. The maximum absolute atomic E-state index is 12.0. The van der Waals surface area contributed by atoms with Gasteiger partial charge in [-0.15, -0.1) is 0 Å². The van der Waals surface area contributed by atoms with Gasteiger partial charge >= 0.3 is 0 Å². The van der Waals surface area contributed by atoms with E-state index in [1.165, 1.54) is 12.8 Å². The molecule has 2 aliphatic rings. The quantitative estimate of drug-likeness (QED) is 0.803. The van der Waals surface area contributed by atoms with Crippen LogP contribution >= 0.6 is 0 Å². The fourth-order valence-corrected chi connectivity index (χ4v) is 3.32. The van der Waals surface area contributed by atoms with Crippen molar-refractivity contribution in [1.82, 2.24) is 5.32 Å². The molecule has 2 fully saturated rings. The van der Waals surface area contributed by atoms with Crippen molar-refractivity contribution < 1.29 is 19.4 Å². The number of hydrogen-bond acceptors (Lipinski definition) is 4. The minimum atomic E-state index is -0.898. The largest absolute Gasteiger partial charge is 0.490 e. The Hall–Kier alpha value is -1.59. The lowest BCUT2D eigenvalue weighted by Gasteiger charge is -2.20. The monoisotopic (exact) mass is 333 g/mol. The highest BCUT2D eigenvalue weighted by Crippen LogP contribution is 2.25. The number of carbonyl (C=O) groups excluding carboxylic acids is 1. The van der Waals surface area contributed by atoms with Crippen LogP contribution in [0.2, 0.25) is 0 Å². The predicted molar refractivity (Wildman–Crippen MR) is 91.0 cm³/mol. The molecule has 1 heterocycles. The predicted octanol–water partition coefficient (Wildman–Crippen LogP) is 2.21. The Morgan fingerprint density at radius 3 is 2.96 bits per heavy atom. The fraction of sp³-hybridized carbons (Fsp3) is 0.632. The maximum atomic E-state index is 12.0. The SMILES string of the molecule is O=C(CCc1cccc(OC2CCCC2)c1)NC[C@]1(O)CCOC1. The zero-order valence-electron chi connectivity index (χ0n) is 14.1. The van der Waals surface area contributed by atoms with Gasteiger partial charge in [-0.05, 0) is 49.8 Å². The Morgan fingerprint density at radius 2 is 2.21 bits per heavy atom. The van der Waals surface area contributed by atoms with Gasteiger partial charge in [-0.1, -0.05) is 12.1 Å². The van der Waals surface area contributed by atoms with Crippen molar-refractivity contribution in [3.8, 4) is 5.75 Å². The van der Waals surface area contributed by atoms with Crippen molar-refractivity contribution in [2.24, 2.45) is 0 Å². The van der Waals surface area contributed by atoms with Crippen molar-refractivity contribution in [3.05, 3.63) is 29.8 Å². The van der Waals surface area contributed by atoms with E-state index in [2.05, 4.69) is 5.32 Å². The number of amides is 1. The minimum Gasteiger partial charge on any atom is -0.490 e. The highest BCUT2D eigenvalue weighted by atomic mass is 16.5. The number of ether oxygens (including phenoxy) is 2. The van der Waals surface area contributed by atoms with Gasteiger partial charge in [-0.2, -0.15) is 0 Å². The topological polar surface area (TPSA) is 67.8 Å². The molecule has 1 aliphatic heterocycles. The summed E-state index contributed by atoms with van der Waals surface area (Å²) in [4.78, 5) is 12.0. The molecule has 3 rings (SSSR count). The fourth-order valence-electron chi connectivity index (χ4n) is 3.32. The minimum absolute atomic E-state index is 0.0440. The Kier molecular flexibility index (Phi) is 5.74. The van der Waals surface area contributed by atoms with E-state index in [1.807, 2.05) is 24.3 Å². The van der Waals surface area contributed by atoms with Crippen LogP contribution in [-0.2, 0) is 16.0 Å². The van der Waals surface area contributed by atoms with Crippen LogP contribution in [0.15, 0.2) is 24.3 Å². The van der Waals surface area contributed by atoms with E-state index in [0.717, 1.165) is 24.2 Å². The molecule has 24 heavy (non-hydrogen) atoms. The molecule has 1 aromatic carbocycles. The second-order valence-corrected chi connectivity index (χ2v) is 6.98. The highest BCUT2D eigenvalue weighted by Gasteiger charge is 2.32. The van der Waals surface area contributed by atoms with E-state index in [1.54, 1.807) is 0 Å². The van der Waals surface area contributed by atoms with Crippen molar-refractivity contribution in [3.63, 3.8) is 0 Å². The van der Waals surface area contributed by atoms with E-state index in [-0.39, 0.29) is 12.5 Å². The van der Waals surface area contributed by atoms with Gasteiger partial charge in [0.25, 0.3) is 0 Å². The summed E-state index contributed by atoms with van der Waals surface area (Å²) in [7, 11) is 0. The van der Waals surface area contributed by atoms with E-state index in [9.17, 15) is 9.90 Å². The summed E-state index contributed by atoms with van der Waals surface area (Å²) in [5, 5.41) is 12.9. The van der Waals surface area contributed by atoms with Gasteiger partial charge < -0.3 is 19.9 Å². The van der Waals surface area contributed by atoms with E-state index in [4.69, 9.17) is 9.47 Å². The van der Waals surface area contributed by atoms with Gasteiger partial charge in [-0.3, -0.25) is 4.79 Å². The first-order valence-electron chi connectivity index (χ1n) is 8.95. The van der Waals surface area contributed by atoms with Crippen molar-refractivity contribution in [2.45, 2.75) is 56.7 Å². The zero-order chi connectivity index (χ0) is 16.8. The summed E-state index contributed by atoms with van der Waals surface area (Å²) in [5.41, 5.74) is 0.202. The molecule has 1 saturated heterocycles. The summed E-state index contributed by atoms with van der Waals surface area (Å²) < 4.78 is 11.2. The summed E-state index contributed by atoms with van der Waals surface area (Å²) in [6.07, 6.45) is 6.78. The lowest BCUT2D eigenvalue weighted by molar-refractivity contribution is -0.122. The van der Waals surface area contributed by atoms with Gasteiger partial charge in [0, 0.05) is 26.0 Å². The van der Waals surface area contributed by atoms with Gasteiger partial charge in [-0.25, -0.2) is 0 Å². The summed E-state index contributed by atoms with van der Waals surface area (Å²) in [5.74, 6) is 0.856. The molecule has 1 atom stereocenters. The van der Waals surface area contributed by atoms with Crippen LogP contribution in [0, 0.1) is 0 Å². The molecule has 0 unspecified atom stereocenters. The number of hydrogen-bond donors (Lipinski definition) is 2. The molecule has 0 radical (unpaired) electrons. The maximum Gasteiger partial charge on any atom is 0.220 e. The van der Waals surface area contributed by atoms with Crippen LogP contribution in [0.1, 0.15) is 44.1 Å². The van der Waals surface area contributed by atoms with Gasteiger partial charge in [0.15, 0.2) is 0 Å². The molecule has 1 saturated carbocycles. The van der Waals surface area contributed by atoms with Gasteiger partial charge in [0.05, 0.1) is 12.7 Å².